The minimum Gasteiger partial charge on any atom is -0.477 e. The number of rotatable bonds is 3. The molecule has 4 rings (SSSR count). The highest BCUT2D eigenvalue weighted by Crippen LogP contribution is 2.31. The van der Waals surface area contributed by atoms with Gasteiger partial charge in [-0.15, -0.1) is 0 Å². The van der Waals surface area contributed by atoms with Gasteiger partial charge in [0, 0.05) is 23.5 Å². The fourth-order valence-corrected chi connectivity index (χ4v) is 3.07. The van der Waals surface area contributed by atoms with Gasteiger partial charge in [-0.3, -0.25) is 0 Å². The van der Waals surface area contributed by atoms with Crippen LogP contribution in [0.3, 0.4) is 0 Å². The molecule has 0 aliphatic heterocycles. The lowest BCUT2D eigenvalue weighted by Gasteiger charge is -2.10. The predicted octanol–water partition coefficient (Wildman–Crippen LogP) is 4.35. The van der Waals surface area contributed by atoms with Crippen molar-refractivity contribution in [1.82, 2.24) is 14.5 Å². The van der Waals surface area contributed by atoms with Crippen LogP contribution in [0.2, 0.25) is 0 Å². The number of carboxylic acid groups (broad SMARTS) is 1. The smallest absolute Gasteiger partial charge is 0.416 e. The number of carboxylic acids is 1. The molecule has 4 aromatic rings. The number of nitrogens with zero attached hydrogens (tertiary/aromatic N) is 3. The zero-order valence-corrected chi connectivity index (χ0v) is 13.7. The maximum absolute atomic E-state index is 12.7. The van der Waals surface area contributed by atoms with Gasteiger partial charge in [0.1, 0.15) is 11.3 Å². The van der Waals surface area contributed by atoms with Crippen molar-refractivity contribution in [3.8, 4) is 0 Å². The van der Waals surface area contributed by atoms with Crippen LogP contribution in [0.1, 0.15) is 21.6 Å². The van der Waals surface area contributed by atoms with Gasteiger partial charge in [-0.25, -0.2) is 14.8 Å². The second kappa shape index (κ2) is 6.08. The third-order valence-electron chi connectivity index (χ3n) is 4.35. The number of halogens is 3. The van der Waals surface area contributed by atoms with Crippen LogP contribution < -0.4 is 0 Å². The molecule has 0 unspecified atom stereocenters. The SMILES string of the molecule is O=C(O)c1cc2c3cccnc3n(Cc3ccc(C(F)(F)F)cc3)c2cn1. The van der Waals surface area contributed by atoms with E-state index in [2.05, 4.69) is 9.97 Å². The van der Waals surface area contributed by atoms with Crippen LogP contribution in [0.4, 0.5) is 13.2 Å². The topological polar surface area (TPSA) is 68.0 Å². The zero-order chi connectivity index (χ0) is 19.2. The molecule has 136 valence electrons. The number of hydrogen-bond acceptors (Lipinski definition) is 3. The summed E-state index contributed by atoms with van der Waals surface area (Å²) >= 11 is 0. The van der Waals surface area contributed by atoms with Crippen molar-refractivity contribution in [2.24, 2.45) is 0 Å². The third kappa shape index (κ3) is 2.99. The van der Waals surface area contributed by atoms with Crippen molar-refractivity contribution < 1.29 is 23.1 Å². The number of alkyl halides is 3. The van der Waals surface area contributed by atoms with Gasteiger partial charge < -0.3 is 9.67 Å². The number of aromatic nitrogens is 3. The summed E-state index contributed by atoms with van der Waals surface area (Å²) in [6.07, 6.45) is -1.33. The molecular weight excluding hydrogens is 359 g/mol. The van der Waals surface area contributed by atoms with E-state index in [9.17, 15) is 23.1 Å². The molecule has 0 atom stereocenters. The Balaban J connectivity index is 1.84. The largest absolute Gasteiger partial charge is 0.477 e. The van der Waals surface area contributed by atoms with Gasteiger partial charge in [0.2, 0.25) is 0 Å². The van der Waals surface area contributed by atoms with Crippen LogP contribution in [-0.2, 0) is 12.7 Å². The van der Waals surface area contributed by atoms with Crippen LogP contribution in [-0.4, -0.2) is 25.6 Å². The number of carbonyl (C=O) groups is 1. The molecule has 3 heterocycles. The molecule has 0 aliphatic carbocycles. The first-order valence-electron chi connectivity index (χ1n) is 7.97. The fourth-order valence-electron chi connectivity index (χ4n) is 3.07. The molecule has 0 fully saturated rings. The molecule has 0 bridgehead atoms. The quantitative estimate of drug-likeness (QED) is 0.581. The van der Waals surface area contributed by atoms with Crippen molar-refractivity contribution in [1.29, 1.82) is 0 Å². The standard InChI is InChI=1S/C19H12F3N3O2/c20-19(21,22)12-5-3-11(4-6-12)10-25-16-9-24-15(18(26)27)8-14(16)13-2-1-7-23-17(13)25/h1-9H,10H2,(H,26,27). The van der Waals surface area contributed by atoms with Gasteiger partial charge in [-0.2, -0.15) is 13.2 Å². The van der Waals surface area contributed by atoms with E-state index in [1.165, 1.54) is 24.4 Å². The number of aromatic carboxylic acids is 1. The molecule has 5 nitrogen and oxygen atoms in total. The average molecular weight is 371 g/mol. The Morgan fingerprint density at radius 1 is 1.07 bits per heavy atom. The molecule has 1 N–H and O–H groups in total. The van der Waals surface area contributed by atoms with Crippen LogP contribution in [0.5, 0.6) is 0 Å². The van der Waals surface area contributed by atoms with Crippen molar-refractivity contribution in [3.05, 3.63) is 71.7 Å². The summed E-state index contributed by atoms with van der Waals surface area (Å²) in [5, 5.41) is 10.6. The van der Waals surface area contributed by atoms with Crippen LogP contribution >= 0.6 is 0 Å². The summed E-state index contributed by atoms with van der Waals surface area (Å²) in [6.45, 7) is 0.281. The Bertz CT molecular complexity index is 1160. The lowest BCUT2D eigenvalue weighted by Crippen LogP contribution is -2.06. The summed E-state index contributed by atoms with van der Waals surface area (Å²) in [7, 11) is 0. The van der Waals surface area contributed by atoms with E-state index >= 15 is 0 Å². The van der Waals surface area contributed by atoms with E-state index < -0.39 is 17.7 Å². The lowest BCUT2D eigenvalue weighted by molar-refractivity contribution is -0.137. The van der Waals surface area contributed by atoms with Gasteiger partial charge in [-0.1, -0.05) is 12.1 Å². The number of benzene rings is 1. The second-order valence-corrected chi connectivity index (χ2v) is 6.05. The van der Waals surface area contributed by atoms with E-state index in [1.807, 2.05) is 10.6 Å². The summed E-state index contributed by atoms with van der Waals surface area (Å²) < 4.78 is 40.0. The highest BCUT2D eigenvalue weighted by Gasteiger charge is 2.30. The molecule has 0 amide bonds. The minimum absolute atomic E-state index is 0.0834. The highest BCUT2D eigenvalue weighted by molar-refractivity contribution is 6.08. The Hall–Kier alpha value is -3.42. The van der Waals surface area contributed by atoms with Gasteiger partial charge >= 0.3 is 12.1 Å². The highest BCUT2D eigenvalue weighted by atomic mass is 19.4. The maximum Gasteiger partial charge on any atom is 0.416 e. The van der Waals surface area contributed by atoms with E-state index in [0.29, 0.717) is 22.1 Å². The Morgan fingerprint density at radius 3 is 2.48 bits per heavy atom. The molecule has 0 saturated carbocycles. The van der Waals surface area contributed by atoms with Crippen molar-refractivity contribution in [2.45, 2.75) is 12.7 Å². The Morgan fingerprint density at radius 2 is 1.81 bits per heavy atom. The van der Waals surface area contributed by atoms with Crippen molar-refractivity contribution in [3.63, 3.8) is 0 Å². The molecular formula is C19H12F3N3O2. The second-order valence-electron chi connectivity index (χ2n) is 6.05. The van der Waals surface area contributed by atoms with Gasteiger partial charge in [0.25, 0.3) is 0 Å². The third-order valence-corrected chi connectivity index (χ3v) is 4.35. The van der Waals surface area contributed by atoms with Gasteiger partial charge in [-0.05, 0) is 35.9 Å². The summed E-state index contributed by atoms with van der Waals surface area (Å²) in [5.74, 6) is -1.13. The molecule has 0 radical (unpaired) electrons. The molecule has 1 aromatic carbocycles. The maximum atomic E-state index is 12.7. The fraction of sp³-hybridized carbons (Fsp3) is 0.105. The summed E-state index contributed by atoms with van der Waals surface area (Å²) in [4.78, 5) is 19.5. The van der Waals surface area contributed by atoms with Gasteiger partial charge in [0.15, 0.2) is 0 Å². The van der Waals surface area contributed by atoms with E-state index in [1.54, 1.807) is 12.3 Å². The minimum atomic E-state index is -4.38. The first kappa shape index (κ1) is 17.0. The number of hydrogen-bond donors (Lipinski definition) is 1. The summed E-state index contributed by atoms with van der Waals surface area (Å²) in [5.41, 5.74) is 1.14. The molecule has 8 heteroatoms. The first-order valence-corrected chi connectivity index (χ1v) is 7.97. The molecule has 0 aliphatic rings. The van der Waals surface area contributed by atoms with E-state index in [-0.39, 0.29) is 12.2 Å². The summed E-state index contributed by atoms with van der Waals surface area (Å²) in [6, 6.07) is 9.95. The lowest BCUT2D eigenvalue weighted by atomic mass is 10.1. The van der Waals surface area contributed by atoms with Crippen LogP contribution in [0, 0.1) is 0 Å². The zero-order valence-electron chi connectivity index (χ0n) is 13.7. The van der Waals surface area contributed by atoms with E-state index in [0.717, 1.165) is 17.5 Å². The van der Waals surface area contributed by atoms with E-state index in [4.69, 9.17) is 0 Å². The molecule has 3 aromatic heterocycles. The first-order chi connectivity index (χ1) is 12.8. The normalized spacial score (nSPS) is 12.0. The van der Waals surface area contributed by atoms with Gasteiger partial charge in [0.05, 0.1) is 17.3 Å². The number of fused-ring (bicyclic) bond motifs is 3. The van der Waals surface area contributed by atoms with Crippen molar-refractivity contribution >= 4 is 27.9 Å². The molecule has 27 heavy (non-hydrogen) atoms. The van der Waals surface area contributed by atoms with Crippen LogP contribution in [0.25, 0.3) is 21.9 Å². The van der Waals surface area contributed by atoms with Crippen LogP contribution in [0.15, 0.2) is 54.9 Å². The Kier molecular flexibility index (Phi) is 3.83. The van der Waals surface area contributed by atoms with Crippen molar-refractivity contribution in [2.75, 3.05) is 0 Å². The predicted molar refractivity (Wildman–Crippen MR) is 92.5 cm³/mol. The monoisotopic (exact) mass is 371 g/mol. The Labute approximate surface area is 150 Å². The average Bonchev–Trinajstić information content (AvgIpc) is 2.95. The number of pyridine rings is 2. The molecule has 0 spiro atoms. The molecule has 0 saturated heterocycles.